The Bertz CT molecular complexity index is 528. The summed E-state index contributed by atoms with van der Waals surface area (Å²) in [5, 5.41) is 8.76. The maximum absolute atomic E-state index is 12.1. The minimum Gasteiger partial charge on any atom is -0.447 e. The van der Waals surface area contributed by atoms with Crippen LogP contribution in [0.2, 0.25) is 0 Å². The van der Waals surface area contributed by atoms with Crippen LogP contribution in [0.3, 0.4) is 0 Å². The van der Waals surface area contributed by atoms with Crippen LogP contribution in [-0.4, -0.2) is 24.4 Å². The molecule has 2 aromatic carbocycles. The van der Waals surface area contributed by atoms with Crippen LogP contribution in [0.1, 0.15) is 5.56 Å². The van der Waals surface area contributed by atoms with Gasteiger partial charge in [-0.3, -0.25) is 4.90 Å². The fourth-order valence-corrected chi connectivity index (χ4v) is 1.85. The molecule has 0 radical (unpaired) electrons. The largest absolute Gasteiger partial charge is 0.447 e. The van der Waals surface area contributed by atoms with E-state index in [1.165, 1.54) is 0 Å². The summed E-state index contributed by atoms with van der Waals surface area (Å²) in [5.74, 6) is 0. The van der Waals surface area contributed by atoms with Crippen LogP contribution in [-0.2, 0) is 11.3 Å². The minimum absolute atomic E-state index is 0.00302. The van der Waals surface area contributed by atoms with Gasteiger partial charge in [-0.1, -0.05) is 48.5 Å². The molecule has 0 aromatic heterocycles. The smallest absolute Gasteiger partial charge is 0.414 e. The van der Waals surface area contributed by atoms with Crippen molar-refractivity contribution in [3.63, 3.8) is 0 Å². The van der Waals surface area contributed by atoms with Crippen molar-refractivity contribution in [3.05, 3.63) is 66.2 Å². The van der Waals surface area contributed by atoms with Crippen LogP contribution in [0.4, 0.5) is 10.5 Å². The number of nitrogens with zero attached hydrogens (tertiary/aromatic N) is 1. The number of carbonyl (C=O) groups excluding carboxylic acids is 1. The molecule has 104 valence electrons. The Morgan fingerprint density at radius 1 is 1.00 bits per heavy atom. The minimum atomic E-state index is -0.464. The zero-order chi connectivity index (χ0) is 14.2. The van der Waals surface area contributed by atoms with Crippen molar-refractivity contribution in [1.29, 1.82) is 0 Å². The lowest BCUT2D eigenvalue weighted by Crippen LogP contribution is -2.31. The van der Waals surface area contributed by atoms with Gasteiger partial charge in [0.25, 0.3) is 0 Å². The second-order valence-corrected chi connectivity index (χ2v) is 4.25. The molecule has 0 aliphatic heterocycles. The SMILES string of the molecule is O=C(OCCO)N(Cc1ccccc1)c1ccccc1. The summed E-state index contributed by atoms with van der Waals surface area (Å²) < 4.78 is 5.02. The maximum Gasteiger partial charge on any atom is 0.414 e. The Balaban J connectivity index is 2.18. The molecule has 0 aliphatic rings. The molecular formula is C16H17NO3. The first-order chi connectivity index (χ1) is 9.81. The van der Waals surface area contributed by atoms with E-state index in [2.05, 4.69) is 0 Å². The third-order valence-electron chi connectivity index (χ3n) is 2.79. The highest BCUT2D eigenvalue weighted by Gasteiger charge is 2.17. The number of hydrogen-bond acceptors (Lipinski definition) is 3. The molecule has 4 nitrogen and oxygen atoms in total. The van der Waals surface area contributed by atoms with E-state index in [1.54, 1.807) is 4.90 Å². The molecule has 20 heavy (non-hydrogen) atoms. The molecule has 0 saturated heterocycles. The van der Waals surface area contributed by atoms with Gasteiger partial charge >= 0.3 is 6.09 Å². The molecule has 0 bridgehead atoms. The van der Waals surface area contributed by atoms with Crippen LogP contribution in [0.25, 0.3) is 0 Å². The first-order valence-electron chi connectivity index (χ1n) is 6.45. The Hall–Kier alpha value is -2.33. The third-order valence-corrected chi connectivity index (χ3v) is 2.79. The Kier molecular flexibility index (Phi) is 5.15. The van der Waals surface area contributed by atoms with Crippen molar-refractivity contribution < 1.29 is 14.6 Å². The van der Waals surface area contributed by atoms with Crippen molar-refractivity contribution >= 4 is 11.8 Å². The lowest BCUT2D eigenvalue weighted by molar-refractivity contribution is 0.125. The van der Waals surface area contributed by atoms with Crippen LogP contribution in [0.15, 0.2) is 60.7 Å². The lowest BCUT2D eigenvalue weighted by atomic mass is 10.2. The molecule has 1 amide bonds. The van der Waals surface area contributed by atoms with Gasteiger partial charge < -0.3 is 9.84 Å². The summed E-state index contributed by atoms with van der Waals surface area (Å²) in [6, 6.07) is 19.0. The standard InChI is InChI=1S/C16H17NO3/c18-11-12-20-16(19)17(15-9-5-2-6-10-15)13-14-7-3-1-4-8-14/h1-10,18H,11-13H2. The number of carbonyl (C=O) groups is 1. The number of rotatable bonds is 5. The summed E-state index contributed by atoms with van der Waals surface area (Å²) in [7, 11) is 0. The number of aliphatic hydroxyl groups is 1. The Morgan fingerprint density at radius 3 is 2.20 bits per heavy atom. The number of amides is 1. The molecule has 2 aromatic rings. The van der Waals surface area contributed by atoms with Gasteiger partial charge in [0.2, 0.25) is 0 Å². The highest BCUT2D eigenvalue weighted by Crippen LogP contribution is 2.17. The summed E-state index contributed by atoms with van der Waals surface area (Å²) in [4.78, 5) is 13.6. The number of hydrogen-bond donors (Lipinski definition) is 1. The van der Waals surface area contributed by atoms with Crippen LogP contribution in [0, 0.1) is 0 Å². The van der Waals surface area contributed by atoms with Crippen LogP contribution < -0.4 is 4.90 Å². The molecule has 0 aliphatic carbocycles. The highest BCUT2D eigenvalue weighted by molar-refractivity contribution is 5.87. The zero-order valence-electron chi connectivity index (χ0n) is 11.1. The van der Waals surface area contributed by atoms with E-state index >= 15 is 0 Å². The predicted octanol–water partition coefficient (Wildman–Crippen LogP) is 2.82. The molecule has 0 atom stereocenters. The topological polar surface area (TPSA) is 49.8 Å². The van der Waals surface area contributed by atoms with E-state index in [0.717, 1.165) is 11.3 Å². The molecule has 0 fully saturated rings. The lowest BCUT2D eigenvalue weighted by Gasteiger charge is -2.22. The Morgan fingerprint density at radius 2 is 1.60 bits per heavy atom. The predicted molar refractivity (Wildman–Crippen MR) is 77.5 cm³/mol. The van der Waals surface area contributed by atoms with Gasteiger partial charge in [-0.15, -0.1) is 0 Å². The Labute approximate surface area is 118 Å². The maximum atomic E-state index is 12.1. The number of benzene rings is 2. The average Bonchev–Trinajstić information content (AvgIpc) is 2.52. The van der Waals surface area contributed by atoms with Gasteiger partial charge in [-0.25, -0.2) is 4.79 Å². The number of para-hydroxylation sites is 1. The van der Waals surface area contributed by atoms with E-state index in [1.807, 2.05) is 60.7 Å². The van der Waals surface area contributed by atoms with Gasteiger partial charge in [0.15, 0.2) is 0 Å². The van der Waals surface area contributed by atoms with Crippen molar-refractivity contribution in [2.75, 3.05) is 18.1 Å². The average molecular weight is 271 g/mol. The van der Waals surface area contributed by atoms with E-state index < -0.39 is 6.09 Å². The normalized spacial score (nSPS) is 10.1. The fourth-order valence-electron chi connectivity index (χ4n) is 1.85. The second-order valence-electron chi connectivity index (χ2n) is 4.25. The van der Waals surface area contributed by atoms with Crippen LogP contribution in [0.5, 0.6) is 0 Å². The van der Waals surface area contributed by atoms with E-state index in [4.69, 9.17) is 9.84 Å². The molecule has 2 rings (SSSR count). The fraction of sp³-hybridized carbons (Fsp3) is 0.188. The highest BCUT2D eigenvalue weighted by atomic mass is 16.6. The van der Waals surface area contributed by atoms with Crippen molar-refractivity contribution in [1.82, 2.24) is 0 Å². The molecule has 1 N–H and O–H groups in total. The molecule has 0 heterocycles. The molecule has 0 unspecified atom stereocenters. The molecule has 0 spiro atoms. The van der Waals surface area contributed by atoms with Crippen molar-refractivity contribution in [2.45, 2.75) is 6.54 Å². The van der Waals surface area contributed by atoms with Gasteiger partial charge in [0, 0.05) is 5.69 Å². The van der Waals surface area contributed by atoms with Crippen molar-refractivity contribution in [3.8, 4) is 0 Å². The zero-order valence-corrected chi connectivity index (χ0v) is 11.1. The summed E-state index contributed by atoms with van der Waals surface area (Å²) in [5.41, 5.74) is 1.77. The first-order valence-corrected chi connectivity index (χ1v) is 6.45. The van der Waals surface area contributed by atoms with Gasteiger partial charge in [-0.05, 0) is 17.7 Å². The van der Waals surface area contributed by atoms with Crippen molar-refractivity contribution in [2.24, 2.45) is 0 Å². The third kappa shape index (κ3) is 3.83. The number of ether oxygens (including phenoxy) is 1. The van der Waals surface area contributed by atoms with Gasteiger partial charge in [0.05, 0.1) is 13.2 Å². The number of anilines is 1. The molecular weight excluding hydrogens is 254 g/mol. The van der Waals surface area contributed by atoms with Crippen LogP contribution >= 0.6 is 0 Å². The second kappa shape index (κ2) is 7.31. The monoisotopic (exact) mass is 271 g/mol. The number of aliphatic hydroxyl groups excluding tert-OH is 1. The van der Waals surface area contributed by atoms with Gasteiger partial charge in [-0.2, -0.15) is 0 Å². The van der Waals surface area contributed by atoms with E-state index in [-0.39, 0.29) is 13.2 Å². The van der Waals surface area contributed by atoms with Gasteiger partial charge in [0.1, 0.15) is 6.61 Å². The van der Waals surface area contributed by atoms with E-state index in [0.29, 0.717) is 6.54 Å². The summed E-state index contributed by atoms with van der Waals surface area (Å²) in [6.45, 7) is 0.242. The van der Waals surface area contributed by atoms with E-state index in [9.17, 15) is 4.79 Å². The summed E-state index contributed by atoms with van der Waals surface area (Å²) in [6.07, 6.45) is -0.464. The quantitative estimate of drug-likeness (QED) is 0.909. The molecule has 0 saturated carbocycles. The summed E-state index contributed by atoms with van der Waals surface area (Å²) >= 11 is 0. The first kappa shape index (κ1) is 14.1. The molecule has 4 heteroatoms.